The van der Waals surface area contributed by atoms with Gasteiger partial charge >= 0.3 is 6.09 Å². The van der Waals surface area contributed by atoms with Crippen molar-refractivity contribution in [2.24, 2.45) is 0 Å². The molecule has 1 aliphatic rings. The lowest BCUT2D eigenvalue weighted by Crippen LogP contribution is -2.51. The number of hydrogen-bond donors (Lipinski definition) is 1. The van der Waals surface area contributed by atoms with Crippen LogP contribution in [-0.4, -0.2) is 29.0 Å². The van der Waals surface area contributed by atoms with Crippen LogP contribution in [0.25, 0.3) is 0 Å². The number of rotatable bonds is 3. The predicted molar refractivity (Wildman–Crippen MR) is 104 cm³/mol. The van der Waals surface area contributed by atoms with Gasteiger partial charge in [-0.1, -0.05) is 54.6 Å². The Kier molecular flexibility index (Phi) is 5.49. The molecule has 5 heteroatoms. The standard InChI is InChI=1S/C22H26N2O3/c1-22(2,3)23-20(25)19-18-12-8-7-11-17(18)13-14-24(19)21(26)27-15-16-9-5-4-6-10-16/h4-12,19H,13-15H2,1-3H3,(H,23,25). The van der Waals surface area contributed by atoms with E-state index >= 15 is 0 Å². The fourth-order valence-electron chi connectivity index (χ4n) is 3.29. The number of hydrogen-bond acceptors (Lipinski definition) is 3. The topological polar surface area (TPSA) is 58.6 Å². The first kappa shape index (κ1) is 19.0. The van der Waals surface area contributed by atoms with Crippen LogP contribution in [0, 0.1) is 0 Å². The van der Waals surface area contributed by atoms with E-state index in [9.17, 15) is 9.59 Å². The molecule has 1 atom stereocenters. The molecule has 1 aliphatic heterocycles. The minimum atomic E-state index is -0.683. The van der Waals surface area contributed by atoms with Gasteiger partial charge in [0, 0.05) is 12.1 Å². The number of amides is 2. The normalized spacial score (nSPS) is 16.4. The Labute approximate surface area is 160 Å². The van der Waals surface area contributed by atoms with Crippen LogP contribution in [0.3, 0.4) is 0 Å². The second-order valence-electron chi connectivity index (χ2n) is 7.82. The SMILES string of the molecule is CC(C)(C)NC(=O)C1c2ccccc2CCN1C(=O)OCc1ccccc1. The van der Waals surface area contributed by atoms with E-state index in [4.69, 9.17) is 4.74 Å². The van der Waals surface area contributed by atoms with Gasteiger partial charge in [-0.2, -0.15) is 0 Å². The Bertz CT molecular complexity index is 812. The van der Waals surface area contributed by atoms with Crippen LogP contribution in [0.2, 0.25) is 0 Å². The molecule has 0 saturated heterocycles. The van der Waals surface area contributed by atoms with Crippen LogP contribution in [0.5, 0.6) is 0 Å². The van der Waals surface area contributed by atoms with Crippen molar-refractivity contribution in [3.05, 3.63) is 71.3 Å². The molecule has 1 unspecified atom stereocenters. The monoisotopic (exact) mass is 366 g/mol. The molecule has 0 fully saturated rings. The van der Waals surface area contributed by atoms with E-state index in [1.54, 1.807) is 0 Å². The smallest absolute Gasteiger partial charge is 0.411 e. The van der Waals surface area contributed by atoms with E-state index in [-0.39, 0.29) is 18.1 Å². The molecule has 2 aromatic carbocycles. The van der Waals surface area contributed by atoms with E-state index in [2.05, 4.69) is 5.32 Å². The lowest BCUT2D eigenvalue weighted by molar-refractivity contribution is -0.128. The summed E-state index contributed by atoms with van der Waals surface area (Å²) in [6.07, 6.45) is 0.234. The largest absolute Gasteiger partial charge is 0.445 e. The second kappa shape index (κ2) is 7.82. The van der Waals surface area contributed by atoms with E-state index < -0.39 is 12.1 Å². The van der Waals surface area contributed by atoms with E-state index in [0.717, 1.165) is 16.7 Å². The first-order valence-electron chi connectivity index (χ1n) is 9.22. The maximum atomic E-state index is 13.0. The van der Waals surface area contributed by atoms with Crippen LogP contribution in [0.1, 0.15) is 43.5 Å². The Morgan fingerprint density at radius 1 is 1.07 bits per heavy atom. The van der Waals surface area contributed by atoms with Crippen molar-refractivity contribution >= 4 is 12.0 Å². The number of benzene rings is 2. The summed E-state index contributed by atoms with van der Waals surface area (Å²) in [5.74, 6) is -0.189. The molecule has 0 aromatic heterocycles. The van der Waals surface area contributed by atoms with Gasteiger partial charge in [0.1, 0.15) is 12.6 Å². The molecule has 0 saturated carbocycles. The molecule has 1 heterocycles. The van der Waals surface area contributed by atoms with Gasteiger partial charge in [0.25, 0.3) is 0 Å². The molecule has 27 heavy (non-hydrogen) atoms. The molecule has 1 N–H and O–H groups in total. The minimum absolute atomic E-state index is 0.186. The van der Waals surface area contributed by atoms with Gasteiger partial charge in [0.2, 0.25) is 5.91 Å². The summed E-state index contributed by atoms with van der Waals surface area (Å²) in [4.78, 5) is 27.3. The maximum Gasteiger partial charge on any atom is 0.411 e. The van der Waals surface area contributed by atoms with Gasteiger partial charge in [-0.15, -0.1) is 0 Å². The molecule has 2 aromatic rings. The quantitative estimate of drug-likeness (QED) is 0.898. The van der Waals surface area contributed by atoms with Crippen molar-refractivity contribution < 1.29 is 14.3 Å². The number of nitrogens with one attached hydrogen (secondary N) is 1. The highest BCUT2D eigenvalue weighted by molar-refractivity contribution is 5.88. The molecule has 5 nitrogen and oxygen atoms in total. The third-order valence-corrected chi connectivity index (χ3v) is 4.47. The predicted octanol–water partition coefficient (Wildman–Crippen LogP) is 3.84. The number of ether oxygens (including phenoxy) is 1. The molecule has 0 aliphatic carbocycles. The molecule has 0 radical (unpaired) electrons. The van der Waals surface area contributed by atoms with Crippen molar-refractivity contribution in [3.8, 4) is 0 Å². The zero-order valence-electron chi connectivity index (χ0n) is 16.1. The Morgan fingerprint density at radius 3 is 2.44 bits per heavy atom. The highest BCUT2D eigenvalue weighted by atomic mass is 16.6. The summed E-state index contributed by atoms with van der Waals surface area (Å²) in [6, 6.07) is 16.6. The zero-order chi connectivity index (χ0) is 19.4. The van der Waals surface area contributed by atoms with Crippen molar-refractivity contribution in [2.45, 2.75) is 45.4 Å². The highest BCUT2D eigenvalue weighted by Crippen LogP contribution is 2.31. The summed E-state index contributed by atoms with van der Waals surface area (Å²) in [5.41, 5.74) is 2.49. The van der Waals surface area contributed by atoms with Gasteiger partial charge in [-0.05, 0) is 43.9 Å². The van der Waals surface area contributed by atoms with E-state index in [1.165, 1.54) is 4.90 Å². The van der Waals surface area contributed by atoms with Crippen LogP contribution >= 0.6 is 0 Å². The molecule has 0 bridgehead atoms. The Morgan fingerprint density at radius 2 is 1.74 bits per heavy atom. The van der Waals surface area contributed by atoms with Gasteiger partial charge in [0.15, 0.2) is 0 Å². The Hall–Kier alpha value is -2.82. The third kappa shape index (κ3) is 4.67. The summed E-state index contributed by atoms with van der Waals surface area (Å²) in [7, 11) is 0. The summed E-state index contributed by atoms with van der Waals surface area (Å²) in [5, 5.41) is 3.00. The van der Waals surface area contributed by atoms with Crippen molar-refractivity contribution in [1.29, 1.82) is 0 Å². The minimum Gasteiger partial charge on any atom is -0.445 e. The summed E-state index contributed by atoms with van der Waals surface area (Å²) < 4.78 is 5.50. The van der Waals surface area contributed by atoms with Crippen molar-refractivity contribution in [3.63, 3.8) is 0 Å². The number of carbonyl (C=O) groups is 2. The fraction of sp³-hybridized carbons (Fsp3) is 0.364. The third-order valence-electron chi connectivity index (χ3n) is 4.47. The number of fused-ring (bicyclic) bond motifs is 1. The zero-order valence-corrected chi connectivity index (χ0v) is 16.1. The van der Waals surface area contributed by atoms with Crippen LogP contribution in [0.15, 0.2) is 54.6 Å². The summed E-state index contributed by atoms with van der Waals surface area (Å²) >= 11 is 0. The van der Waals surface area contributed by atoms with Crippen LogP contribution in [0.4, 0.5) is 4.79 Å². The molecular weight excluding hydrogens is 340 g/mol. The molecule has 142 valence electrons. The second-order valence-corrected chi connectivity index (χ2v) is 7.82. The van der Waals surface area contributed by atoms with Gasteiger partial charge in [-0.25, -0.2) is 4.79 Å². The molecule has 0 spiro atoms. The van der Waals surface area contributed by atoms with Crippen molar-refractivity contribution in [2.75, 3.05) is 6.54 Å². The number of carbonyl (C=O) groups excluding carboxylic acids is 2. The average Bonchev–Trinajstić information content (AvgIpc) is 2.64. The Balaban J connectivity index is 1.81. The van der Waals surface area contributed by atoms with Gasteiger partial charge in [0.05, 0.1) is 0 Å². The van der Waals surface area contributed by atoms with Gasteiger partial charge < -0.3 is 10.1 Å². The summed E-state index contributed by atoms with van der Waals surface area (Å²) in [6.45, 7) is 6.42. The fourth-order valence-corrected chi connectivity index (χ4v) is 3.29. The molecular formula is C22H26N2O3. The van der Waals surface area contributed by atoms with Gasteiger partial charge in [-0.3, -0.25) is 9.69 Å². The van der Waals surface area contributed by atoms with E-state index in [1.807, 2.05) is 75.4 Å². The first-order chi connectivity index (χ1) is 12.8. The highest BCUT2D eigenvalue weighted by Gasteiger charge is 2.37. The lowest BCUT2D eigenvalue weighted by Gasteiger charge is -2.37. The lowest BCUT2D eigenvalue weighted by atomic mass is 9.91. The number of nitrogens with zero attached hydrogens (tertiary/aromatic N) is 1. The maximum absolute atomic E-state index is 13.0. The van der Waals surface area contributed by atoms with Crippen LogP contribution in [-0.2, 0) is 22.6 Å². The molecule has 3 rings (SSSR count). The first-order valence-corrected chi connectivity index (χ1v) is 9.22. The van der Waals surface area contributed by atoms with E-state index in [0.29, 0.717) is 13.0 Å². The van der Waals surface area contributed by atoms with Crippen LogP contribution < -0.4 is 5.32 Å². The average molecular weight is 366 g/mol. The van der Waals surface area contributed by atoms with Crippen molar-refractivity contribution in [1.82, 2.24) is 10.2 Å². The molecule has 2 amide bonds.